The summed E-state index contributed by atoms with van der Waals surface area (Å²) in [4.78, 5) is 33.3. The van der Waals surface area contributed by atoms with Gasteiger partial charge in [0, 0.05) is 29.2 Å². The van der Waals surface area contributed by atoms with Crippen molar-refractivity contribution in [3.8, 4) is 0 Å². The van der Waals surface area contributed by atoms with E-state index < -0.39 is 5.97 Å². The van der Waals surface area contributed by atoms with Crippen molar-refractivity contribution in [1.82, 2.24) is 24.9 Å². The number of fused-ring (bicyclic) bond motifs is 1. The molecule has 0 aliphatic rings. The quantitative estimate of drug-likeness (QED) is 0.331. The maximum Gasteiger partial charge on any atom is 0.337 e. The van der Waals surface area contributed by atoms with Crippen molar-refractivity contribution >= 4 is 29.4 Å². The number of ether oxygens (including phenoxy) is 1. The normalized spacial score (nSPS) is 10.9. The molecule has 0 spiro atoms. The van der Waals surface area contributed by atoms with Gasteiger partial charge in [-0.1, -0.05) is 42.1 Å². The number of carbonyl (C=O) groups excluding carboxylic acids is 2. The minimum atomic E-state index is -0.391. The molecule has 0 saturated heterocycles. The molecule has 2 heterocycles. The van der Waals surface area contributed by atoms with Crippen LogP contribution in [0.25, 0.3) is 5.78 Å². The number of amides is 1. The van der Waals surface area contributed by atoms with E-state index in [-0.39, 0.29) is 5.91 Å². The van der Waals surface area contributed by atoms with Crippen molar-refractivity contribution in [2.75, 3.05) is 7.11 Å². The molecule has 2 aromatic heterocycles. The fraction of sp³-hybridized carbons (Fsp3) is 0.208. The zero-order valence-electron chi connectivity index (χ0n) is 18.5. The molecule has 1 N–H and O–H groups in total. The number of rotatable bonds is 7. The van der Waals surface area contributed by atoms with Crippen LogP contribution in [0.5, 0.6) is 0 Å². The molecule has 0 aliphatic heterocycles. The van der Waals surface area contributed by atoms with Gasteiger partial charge in [0.2, 0.25) is 5.16 Å². The second-order valence-electron chi connectivity index (χ2n) is 7.46. The first-order chi connectivity index (χ1) is 15.9. The first-order valence-corrected chi connectivity index (χ1v) is 11.3. The van der Waals surface area contributed by atoms with E-state index in [0.29, 0.717) is 34.4 Å². The fourth-order valence-electron chi connectivity index (χ4n) is 3.37. The Morgan fingerprint density at radius 1 is 1.06 bits per heavy atom. The topological polar surface area (TPSA) is 98.5 Å². The Kier molecular flexibility index (Phi) is 6.69. The summed E-state index contributed by atoms with van der Waals surface area (Å²) in [7, 11) is 1.34. The molecule has 33 heavy (non-hydrogen) atoms. The monoisotopic (exact) mass is 461 g/mol. The molecule has 0 atom stereocenters. The molecule has 9 heteroatoms. The van der Waals surface area contributed by atoms with Crippen molar-refractivity contribution < 1.29 is 14.3 Å². The van der Waals surface area contributed by atoms with E-state index in [1.807, 2.05) is 38.1 Å². The van der Waals surface area contributed by atoms with Crippen LogP contribution in [0.2, 0.25) is 0 Å². The van der Waals surface area contributed by atoms with E-state index in [2.05, 4.69) is 20.4 Å². The molecular formula is C24H23N5O3S. The number of hydrogen-bond acceptors (Lipinski definition) is 7. The second kappa shape index (κ2) is 9.83. The van der Waals surface area contributed by atoms with Crippen LogP contribution in [-0.2, 0) is 17.0 Å². The van der Waals surface area contributed by atoms with Crippen molar-refractivity contribution in [1.29, 1.82) is 0 Å². The molecule has 1 amide bonds. The lowest BCUT2D eigenvalue weighted by molar-refractivity contribution is 0.0600. The minimum Gasteiger partial charge on any atom is -0.465 e. The number of esters is 1. The van der Waals surface area contributed by atoms with Crippen LogP contribution >= 0.6 is 11.8 Å². The maximum absolute atomic E-state index is 12.9. The summed E-state index contributed by atoms with van der Waals surface area (Å²) in [6.45, 7) is 4.24. The van der Waals surface area contributed by atoms with Crippen LogP contribution < -0.4 is 5.32 Å². The largest absolute Gasteiger partial charge is 0.465 e. The smallest absolute Gasteiger partial charge is 0.337 e. The second-order valence-corrected chi connectivity index (χ2v) is 8.40. The third-order valence-electron chi connectivity index (χ3n) is 5.05. The van der Waals surface area contributed by atoms with Gasteiger partial charge in [-0.3, -0.25) is 4.79 Å². The third kappa shape index (κ3) is 5.20. The predicted molar refractivity (Wildman–Crippen MR) is 125 cm³/mol. The molecule has 8 nitrogen and oxygen atoms in total. The average molecular weight is 462 g/mol. The number of carbonyl (C=O) groups is 2. The van der Waals surface area contributed by atoms with Gasteiger partial charge in [0.1, 0.15) is 0 Å². The van der Waals surface area contributed by atoms with Crippen LogP contribution in [-0.4, -0.2) is 38.6 Å². The van der Waals surface area contributed by atoms with E-state index in [1.54, 1.807) is 34.8 Å². The molecule has 4 aromatic rings. The van der Waals surface area contributed by atoms with Gasteiger partial charge in [0.15, 0.2) is 0 Å². The standard InChI is InChI=1S/C24H23N5O3S/c1-15-12-16(2)29-23(26-15)27-24(28-29)33-14-19-6-4-5-7-20(19)21(30)25-13-17-8-10-18(11-9-17)22(31)32-3/h4-12H,13-14H2,1-3H3,(H,25,30). The molecular weight excluding hydrogens is 438 g/mol. The highest BCUT2D eigenvalue weighted by atomic mass is 32.2. The molecule has 2 aromatic carbocycles. The molecule has 0 unspecified atom stereocenters. The van der Waals surface area contributed by atoms with Gasteiger partial charge in [-0.15, -0.1) is 5.10 Å². The fourth-order valence-corrected chi connectivity index (χ4v) is 4.20. The molecule has 0 radical (unpaired) electrons. The van der Waals surface area contributed by atoms with E-state index >= 15 is 0 Å². The third-order valence-corrected chi connectivity index (χ3v) is 5.93. The Morgan fingerprint density at radius 3 is 2.58 bits per heavy atom. The lowest BCUT2D eigenvalue weighted by Gasteiger charge is -2.10. The highest BCUT2D eigenvalue weighted by Gasteiger charge is 2.14. The molecule has 0 saturated carbocycles. The number of hydrogen-bond donors (Lipinski definition) is 1. The summed E-state index contributed by atoms with van der Waals surface area (Å²) in [5, 5.41) is 8.07. The van der Waals surface area contributed by atoms with Crippen molar-refractivity contribution in [2.45, 2.75) is 31.3 Å². The summed E-state index contributed by atoms with van der Waals surface area (Å²) >= 11 is 1.46. The van der Waals surface area contributed by atoms with Crippen LogP contribution in [0.15, 0.2) is 59.8 Å². The van der Waals surface area contributed by atoms with Gasteiger partial charge < -0.3 is 10.1 Å². The predicted octanol–water partition coefficient (Wildman–Crippen LogP) is 3.75. The number of nitrogens with one attached hydrogen (secondary N) is 1. The Balaban J connectivity index is 1.42. The lowest BCUT2D eigenvalue weighted by Crippen LogP contribution is -2.24. The Bertz CT molecular complexity index is 1320. The van der Waals surface area contributed by atoms with E-state index in [4.69, 9.17) is 4.74 Å². The van der Waals surface area contributed by atoms with Crippen LogP contribution in [0.3, 0.4) is 0 Å². The van der Waals surface area contributed by atoms with Crippen molar-refractivity contribution in [3.05, 3.63) is 88.2 Å². The van der Waals surface area contributed by atoms with Gasteiger partial charge >= 0.3 is 5.97 Å². The van der Waals surface area contributed by atoms with E-state index in [1.165, 1.54) is 18.9 Å². The Morgan fingerprint density at radius 2 is 1.82 bits per heavy atom. The van der Waals surface area contributed by atoms with Gasteiger partial charge in [-0.05, 0) is 49.2 Å². The number of nitrogens with zero attached hydrogens (tertiary/aromatic N) is 4. The average Bonchev–Trinajstić information content (AvgIpc) is 3.24. The number of aryl methyl sites for hydroxylation is 2. The van der Waals surface area contributed by atoms with Crippen LogP contribution in [0, 0.1) is 13.8 Å². The number of aromatic nitrogens is 4. The molecule has 0 fully saturated rings. The summed E-state index contributed by atoms with van der Waals surface area (Å²) in [5.41, 5.74) is 4.71. The number of thioether (sulfide) groups is 1. The van der Waals surface area contributed by atoms with Gasteiger partial charge in [-0.25, -0.2) is 14.3 Å². The first kappa shape index (κ1) is 22.5. The highest BCUT2D eigenvalue weighted by molar-refractivity contribution is 7.98. The maximum atomic E-state index is 12.9. The van der Waals surface area contributed by atoms with Crippen LogP contribution in [0.1, 0.15) is 43.2 Å². The molecule has 0 bridgehead atoms. The van der Waals surface area contributed by atoms with Crippen molar-refractivity contribution in [3.63, 3.8) is 0 Å². The first-order valence-electron chi connectivity index (χ1n) is 10.3. The highest BCUT2D eigenvalue weighted by Crippen LogP contribution is 2.23. The zero-order chi connectivity index (χ0) is 23.4. The summed E-state index contributed by atoms with van der Waals surface area (Å²) in [5.74, 6) is 0.559. The SMILES string of the molecule is COC(=O)c1ccc(CNC(=O)c2ccccc2CSc2nc3nc(C)cc(C)n3n2)cc1. The molecule has 4 rings (SSSR count). The number of benzene rings is 2. The minimum absolute atomic E-state index is 0.167. The molecule has 168 valence electrons. The summed E-state index contributed by atoms with van der Waals surface area (Å²) in [6.07, 6.45) is 0. The van der Waals surface area contributed by atoms with Crippen LogP contribution in [0.4, 0.5) is 0 Å². The van der Waals surface area contributed by atoms with Crippen molar-refractivity contribution in [2.24, 2.45) is 0 Å². The summed E-state index contributed by atoms with van der Waals surface area (Å²) in [6, 6.07) is 16.4. The van der Waals surface area contributed by atoms with Gasteiger partial charge in [-0.2, -0.15) is 4.98 Å². The number of methoxy groups -OCH3 is 1. The lowest BCUT2D eigenvalue weighted by atomic mass is 10.1. The van der Waals surface area contributed by atoms with Gasteiger partial charge in [0.25, 0.3) is 11.7 Å². The molecule has 0 aliphatic carbocycles. The summed E-state index contributed by atoms with van der Waals surface area (Å²) < 4.78 is 6.43. The van der Waals surface area contributed by atoms with Gasteiger partial charge in [0.05, 0.1) is 12.7 Å². The Hall–Kier alpha value is -3.72. The zero-order valence-corrected chi connectivity index (χ0v) is 19.3. The van der Waals surface area contributed by atoms with E-state index in [9.17, 15) is 9.59 Å². The van der Waals surface area contributed by atoms with E-state index in [0.717, 1.165) is 22.5 Å². The Labute approximate surface area is 195 Å².